The number of carbonyl (C=O) groups excluding carboxylic acids is 1. The van der Waals surface area contributed by atoms with Gasteiger partial charge in [0, 0.05) is 25.2 Å². The number of benzene rings is 4. The third-order valence-corrected chi connectivity index (χ3v) is 7.77. The van der Waals surface area contributed by atoms with Crippen LogP contribution >= 0.6 is 0 Å². The number of aromatic amines is 1. The topological polar surface area (TPSA) is 92.8 Å². The standard InChI is InChI=1S/C35H36N6O/c36-23-28-15-17-30-31(21-28)39-34(38-30)24-40(19-7-13-26-9-3-1-4-10-26)35(42)29-16-18-33-32(22-29)37-25-41(33)20-8-14-27-11-5-2-6-12-27/h1-6,9-12,15-18,21-22,25H,7-8,13-14,19-20,23-24,36H2,(H,38,39). The molecule has 0 spiro atoms. The molecule has 3 N–H and O–H groups in total. The van der Waals surface area contributed by atoms with Gasteiger partial charge in [0.2, 0.25) is 0 Å². The summed E-state index contributed by atoms with van der Waals surface area (Å²) in [7, 11) is 0. The Morgan fingerprint density at radius 3 is 2.29 bits per heavy atom. The van der Waals surface area contributed by atoms with Crippen molar-refractivity contribution < 1.29 is 4.79 Å². The van der Waals surface area contributed by atoms with E-state index < -0.39 is 0 Å². The number of H-pyrrole nitrogens is 1. The van der Waals surface area contributed by atoms with Gasteiger partial charge in [0.1, 0.15) is 5.82 Å². The van der Waals surface area contributed by atoms with Crippen LogP contribution in [0.3, 0.4) is 0 Å². The van der Waals surface area contributed by atoms with Crippen LogP contribution in [-0.4, -0.2) is 36.9 Å². The van der Waals surface area contributed by atoms with Gasteiger partial charge in [0.15, 0.2) is 0 Å². The van der Waals surface area contributed by atoms with E-state index in [1.54, 1.807) is 0 Å². The zero-order chi connectivity index (χ0) is 28.7. The van der Waals surface area contributed by atoms with Gasteiger partial charge in [-0.2, -0.15) is 0 Å². The van der Waals surface area contributed by atoms with Crippen molar-refractivity contribution in [3.63, 3.8) is 0 Å². The molecule has 2 aromatic heterocycles. The lowest BCUT2D eigenvalue weighted by Gasteiger charge is -2.22. The van der Waals surface area contributed by atoms with Crippen molar-refractivity contribution in [1.29, 1.82) is 0 Å². The Hall–Kier alpha value is -4.75. The highest BCUT2D eigenvalue weighted by molar-refractivity contribution is 5.97. The van der Waals surface area contributed by atoms with Crippen LogP contribution < -0.4 is 5.73 Å². The highest BCUT2D eigenvalue weighted by atomic mass is 16.2. The van der Waals surface area contributed by atoms with E-state index in [0.717, 1.165) is 65.7 Å². The lowest BCUT2D eigenvalue weighted by molar-refractivity contribution is 0.0737. The van der Waals surface area contributed by atoms with Gasteiger partial charge in [0.05, 0.1) is 34.9 Å². The molecule has 42 heavy (non-hydrogen) atoms. The number of rotatable bonds is 12. The fourth-order valence-electron chi connectivity index (χ4n) is 5.52. The minimum atomic E-state index is -0.0216. The number of amides is 1. The second kappa shape index (κ2) is 12.8. The summed E-state index contributed by atoms with van der Waals surface area (Å²) in [6.07, 6.45) is 5.67. The second-order valence-electron chi connectivity index (χ2n) is 10.8. The predicted molar refractivity (Wildman–Crippen MR) is 168 cm³/mol. The molecule has 0 aliphatic rings. The molecular weight excluding hydrogens is 520 g/mol. The van der Waals surface area contributed by atoms with Gasteiger partial charge in [-0.05, 0) is 72.7 Å². The van der Waals surface area contributed by atoms with E-state index in [0.29, 0.717) is 25.2 Å². The van der Waals surface area contributed by atoms with E-state index in [-0.39, 0.29) is 5.91 Å². The number of carbonyl (C=O) groups is 1. The molecule has 0 saturated heterocycles. The van der Waals surface area contributed by atoms with Crippen molar-refractivity contribution in [3.8, 4) is 0 Å². The fourth-order valence-corrected chi connectivity index (χ4v) is 5.52. The van der Waals surface area contributed by atoms with Crippen LogP contribution in [0.25, 0.3) is 22.1 Å². The van der Waals surface area contributed by atoms with Crippen LogP contribution in [0.4, 0.5) is 0 Å². The van der Waals surface area contributed by atoms with Gasteiger partial charge in [0.25, 0.3) is 5.91 Å². The van der Waals surface area contributed by atoms with E-state index >= 15 is 0 Å². The van der Waals surface area contributed by atoms with Gasteiger partial charge in [-0.15, -0.1) is 0 Å². The maximum absolute atomic E-state index is 13.9. The number of imidazole rings is 2. The predicted octanol–water partition coefficient (Wildman–Crippen LogP) is 6.28. The van der Waals surface area contributed by atoms with Gasteiger partial charge in [-0.3, -0.25) is 4.79 Å². The average molecular weight is 557 g/mol. The van der Waals surface area contributed by atoms with E-state index in [1.807, 2.05) is 59.8 Å². The summed E-state index contributed by atoms with van der Waals surface area (Å²) >= 11 is 0. The van der Waals surface area contributed by atoms with Crippen molar-refractivity contribution in [2.45, 2.75) is 45.3 Å². The molecule has 0 unspecified atom stereocenters. The smallest absolute Gasteiger partial charge is 0.254 e. The summed E-state index contributed by atoms with van der Waals surface area (Å²) in [5.74, 6) is 0.739. The first kappa shape index (κ1) is 27.4. The Morgan fingerprint density at radius 1 is 0.810 bits per heavy atom. The molecule has 0 bridgehead atoms. The lowest BCUT2D eigenvalue weighted by Crippen LogP contribution is -2.32. The molecule has 2 heterocycles. The number of nitrogens with zero attached hydrogens (tertiary/aromatic N) is 4. The molecule has 0 saturated carbocycles. The SMILES string of the molecule is NCc1ccc2nc(CN(CCCc3ccccc3)C(=O)c3ccc4c(c3)ncn4CCCc3ccccc3)[nH]c2c1. The minimum absolute atomic E-state index is 0.0216. The van der Waals surface area contributed by atoms with E-state index in [9.17, 15) is 4.79 Å². The number of nitrogens with two attached hydrogens (primary N) is 1. The van der Waals surface area contributed by atoms with Crippen molar-refractivity contribution in [3.05, 3.63) is 131 Å². The molecule has 0 aliphatic carbocycles. The maximum Gasteiger partial charge on any atom is 0.254 e. The summed E-state index contributed by atoms with van der Waals surface area (Å²) < 4.78 is 2.17. The number of hydrogen-bond donors (Lipinski definition) is 2. The lowest BCUT2D eigenvalue weighted by atomic mass is 10.1. The van der Waals surface area contributed by atoms with E-state index in [1.165, 1.54) is 11.1 Å². The first-order valence-corrected chi connectivity index (χ1v) is 14.7. The largest absolute Gasteiger partial charge is 0.340 e. The zero-order valence-corrected chi connectivity index (χ0v) is 23.7. The van der Waals surface area contributed by atoms with Gasteiger partial charge < -0.3 is 20.2 Å². The van der Waals surface area contributed by atoms with Crippen LogP contribution in [0, 0.1) is 0 Å². The zero-order valence-electron chi connectivity index (χ0n) is 23.7. The molecule has 212 valence electrons. The highest BCUT2D eigenvalue weighted by Gasteiger charge is 2.19. The summed E-state index contributed by atoms with van der Waals surface area (Å²) in [6.45, 7) is 2.36. The van der Waals surface area contributed by atoms with Crippen LogP contribution in [0.5, 0.6) is 0 Å². The summed E-state index contributed by atoms with van der Waals surface area (Å²) in [5.41, 5.74) is 13.8. The molecule has 0 aliphatic heterocycles. The monoisotopic (exact) mass is 556 g/mol. The van der Waals surface area contributed by atoms with E-state index in [2.05, 4.69) is 63.1 Å². The quantitative estimate of drug-likeness (QED) is 0.186. The first-order chi connectivity index (χ1) is 20.7. The number of aryl methyl sites for hydroxylation is 3. The molecular formula is C35H36N6O. The highest BCUT2D eigenvalue weighted by Crippen LogP contribution is 2.20. The van der Waals surface area contributed by atoms with Crippen molar-refractivity contribution in [1.82, 2.24) is 24.4 Å². The summed E-state index contributed by atoms with van der Waals surface area (Å²) in [6, 6.07) is 32.8. The van der Waals surface area contributed by atoms with Crippen LogP contribution in [0.2, 0.25) is 0 Å². The number of nitrogens with one attached hydrogen (secondary N) is 1. The van der Waals surface area contributed by atoms with Crippen LogP contribution in [0.15, 0.2) is 103 Å². The Labute approximate surface area is 246 Å². The minimum Gasteiger partial charge on any atom is -0.340 e. The third kappa shape index (κ3) is 6.42. The summed E-state index contributed by atoms with van der Waals surface area (Å²) in [5, 5.41) is 0. The van der Waals surface area contributed by atoms with Crippen molar-refractivity contribution in [2.24, 2.45) is 5.73 Å². The normalized spacial score (nSPS) is 11.4. The Bertz CT molecular complexity index is 1770. The Morgan fingerprint density at radius 2 is 1.55 bits per heavy atom. The summed E-state index contributed by atoms with van der Waals surface area (Å²) in [4.78, 5) is 28.6. The molecule has 0 radical (unpaired) electrons. The van der Waals surface area contributed by atoms with Gasteiger partial charge >= 0.3 is 0 Å². The van der Waals surface area contributed by atoms with Crippen LogP contribution in [-0.2, 0) is 32.5 Å². The molecule has 0 atom stereocenters. The van der Waals surface area contributed by atoms with Gasteiger partial charge in [-0.1, -0.05) is 66.7 Å². The Kier molecular flexibility index (Phi) is 8.38. The molecule has 1 amide bonds. The number of aromatic nitrogens is 4. The maximum atomic E-state index is 13.9. The fraction of sp³-hybridized carbons (Fsp3) is 0.229. The number of fused-ring (bicyclic) bond motifs is 2. The Balaban J connectivity index is 1.19. The van der Waals surface area contributed by atoms with Crippen molar-refractivity contribution >= 4 is 28.0 Å². The molecule has 6 aromatic rings. The van der Waals surface area contributed by atoms with Gasteiger partial charge in [-0.25, -0.2) is 9.97 Å². The molecule has 7 heteroatoms. The molecule has 7 nitrogen and oxygen atoms in total. The molecule has 4 aromatic carbocycles. The van der Waals surface area contributed by atoms with Crippen LogP contribution in [0.1, 0.15) is 45.7 Å². The van der Waals surface area contributed by atoms with E-state index in [4.69, 9.17) is 10.7 Å². The average Bonchev–Trinajstić information content (AvgIpc) is 3.63. The number of hydrogen-bond acceptors (Lipinski definition) is 4. The first-order valence-electron chi connectivity index (χ1n) is 14.7. The third-order valence-electron chi connectivity index (χ3n) is 7.77. The molecule has 6 rings (SSSR count). The van der Waals surface area contributed by atoms with Crippen molar-refractivity contribution in [2.75, 3.05) is 6.54 Å². The molecule has 0 fully saturated rings. The second-order valence-corrected chi connectivity index (χ2v) is 10.8.